The summed E-state index contributed by atoms with van der Waals surface area (Å²) in [6.07, 6.45) is 5.41. The summed E-state index contributed by atoms with van der Waals surface area (Å²) in [5.74, 6) is 1.93. The van der Waals surface area contributed by atoms with E-state index in [0.717, 1.165) is 24.7 Å². The van der Waals surface area contributed by atoms with E-state index < -0.39 is 0 Å². The number of aromatic nitrogens is 2. The SMILES string of the molecule is CNc1cc(N2CCCC(C)(C)CC2)ncn1. The third-order valence-electron chi connectivity index (χ3n) is 3.57. The molecule has 4 nitrogen and oxygen atoms in total. The van der Waals surface area contributed by atoms with Gasteiger partial charge < -0.3 is 10.2 Å². The Bertz CT molecular complexity index is 375. The van der Waals surface area contributed by atoms with E-state index in [1.807, 2.05) is 13.1 Å². The van der Waals surface area contributed by atoms with Gasteiger partial charge in [0, 0.05) is 26.2 Å². The molecule has 0 atom stereocenters. The van der Waals surface area contributed by atoms with E-state index in [1.165, 1.54) is 19.3 Å². The molecule has 0 saturated carbocycles. The minimum Gasteiger partial charge on any atom is -0.373 e. The van der Waals surface area contributed by atoms with Crippen molar-refractivity contribution in [3.8, 4) is 0 Å². The largest absolute Gasteiger partial charge is 0.373 e. The maximum absolute atomic E-state index is 4.38. The minimum absolute atomic E-state index is 0.466. The molecule has 2 heterocycles. The average Bonchev–Trinajstić information content (AvgIpc) is 2.50. The molecule has 0 aliphatic carbocycles. The Hall–Kier alpha value is -1.32. The fraction of sp³-hybridized carbons (Fsp3) is 0.692. The number of nitrogens with one attached hydrogen (secondary N) is 1. The summed E-state index contributed by atoms with van der Waals surface area (Å²) in [4.78, 5) is 10.9. The van der Waals surface area contributed by atoms with Crippen molar-refractivity contribution in [1.29, 1.82) is 0 Å². The smallest absolute Gasteiger partial charge is 0.134 e. The fourth-order valence-corrected chi connectivity index (χ4v) is 2.31. The number of anilines is 2. The predicted octanol–water partition coefficient (Wildman–Crippen LogP) is 2.53. The molecule has 0 bridgehead atoms. The van der Waals surface area contributed by atoms with Crippen LogP contribution in [0.5, 0.6) is 0 Å². The zero-order chi connectivity index (χ0) is 12.3. The Morgan fingerprint density at radius 2 is 2.06 bits per heavy atom. The fourth-order valence-electron chi connectivity index (χ4n) is 2.31. The monoisotopic (exact) mass is 234 g/mol. The summed E-state index contributed by atoms with van der Waals surface area (Å²) in [5, 5.41) is 3.06. The van der Waals surface area contributed by atoms with E-state index in [4.69, 9.17) is 0 Å². The summed E-state index contributed by atoms with van der Waals surface area (Å²) in [6, 6.07) is 2.03. The average molecular weight is 234 g/mol. The van der Waals surface area contributed by atoms with Crippen LogP contribution < -0.4 is 10.2 Å². The number of hydrogen-bond donors (Lipinski definition) is 1. The maximum Gasteiger partial charge on any atom is 0.134 e. The molecule has 1 fully saturated rings. The molecule has 94 valence electrons. The van der Waals surface area contributed by atoms with Crippen LogP contribution >= 0.6 is 0 Å². The lowest BCUT2D eigenvalue weighted by Gasteiger charge is -2.24. The lowest BCUT2D eigenvalue weighted by molar-refractivity contribution is 0.325. The van der Waals surface area contributed by atoms with Crippen molar-refractivity contribution in [2.75, 3.05) is 30.4 Å². The first kappa shape index (κ1) is 12.1. The Morgan fingerprint density at radius 1 is 1.24 bits per heavy atom. The Balaban J connectivity index is 2.11. The van der Waals surface area contributed by atoms with Crippen LogP contribution in [0.3, 0.4) is 0 Å². The minimum atomic E-state index is 0.466. The van der Waals surface area contributed by atoms with Gasteiger partial charge in [-0.1, -0.05) is 13.8 Å². The lowest BCUT2D eigenvalue weighted by Crippen LogP contribution is -2.26. The lowest BCUT2D eigenvalue weighted by atomic mass is 9.85. The third kappa shape index (κ3) is 3.08. The Morgan fingerprint density at radius 3 is 2.82 bits per heavy atom. The molecule has 0 amide bonds. The van der Waals surface area contributed by atoms with E-state index in [9.17, 15) is 0 Å². The van der Waals surface area contributed by atoms with E-state index in [1.54, 1.807) is 6.33 Å². The molecule has 0 radical (unpaired) electrons. The van der Waals surface area contributed by atoms with Gasteiger partial charge in [-0.05, 0) is 24.7 Å². The molecular weight excluding hydrogens is 212 g/mol. The molecule has 0 aromatic carbocycles. The van der Waals surface area contributed by atoms with Crippen LogP contribution in [-0.4, -0.2) is 30.1 Å². The van der Waals surface area contributed by atoms with Gasteiger partial charge in [0.25, 0.3) is 0 Å². The van der Waals surface area contributed by atoms with Crippen molar-refractivity contribution in [2.24, 2.45) is 5.41 Å². The molecule has 1 aromatic rings. The highest BCUT2D eigenvalue weighted by molar-refractivity contribution is 5.48. The second-order valence-corrected chi connectivity index (χ2v) is 5.52. The summed E-state index contributed by atoms with van der Waals surface area (Å²) < 4.78 is 0. The standard InChI is InChI=1S/C13H22N4/c1-13(2)5-4-7-17(8-6-13)12-9-11(14-3)15-10-16-12/h9-10H,4-8H2,1-3H3,(H,14,15,16). The summed E-state index contributed by atoms with van der Waals surface area (Å²) in [7, 11) is 1.89. The summed E-state index contributed by atoms with van der Waals surface area (Å²) >= 11 is 0. The van der Waals surface area contributed by atoms with Gasteiger partial charge in [-0.2, -0.15) is 0 Å². The number of nitrogens with zero attached hydrogens (tertiary/aromatic N) is 3. The highest BCUT2D eigenvalue weighted by Crippen LogP contribution is 2.31. The summed E-state index contributed by atoms with van der Waals surface area (Å²) in [6.45, 7) is 6.90. The van der Waals surface area contributed by atoms with E-state index in [-0.39, 0.29) is 0 Å². The molecule has 4 heteroatoms. The maximum atomic E-state index is 4.38. The number of rotatable bonds is 2. The quantitative estimate of drug-likeness (QED) is 0.853. The van der Waals surface area contributed by atoms with Crippen LogP contribution in [0.4, 0.5) is 11.6 Å². The van der Waals surface area contributed by atoms with E-state index in [2.05, 4.69) is 34.0 Å². The van der Waals surface area contributed by atoms with Crippen molar-refractivity contribution in [1.82, 2.24) is 9.97 Å². The highest BCUT2D eigenvalue weighted by atomic mass is 15.2. The van der Waals surface area contributed by atoms with Crippen LogP contribution in [0.2, 0.25) is 0 Å². The van der Waals surface area contributed by atoms with Gasteiger partial charge in [-0.15, -0.1) is 0 Å². The second-order valence-electron chi connectivity index (χ2n) is 5.52. The molecule has 0 spiro atoms. The van der Waals surface area contributed by atoms with Crippen LogP contribution in [-0.2, 0) is 0 Å². The van der Waals surface area contributed by atoms with E-state index >= 15 is 0 Å². The first-order valence-electron chi connectivity index (χ1n) is 6.35. The molecule has 1 aliphatic heterocycles. The topological polar surface area (TPSA) is 41.0 Å². The van der Waals surface area contributed by atoms with Crippen molar-refractivity contribution in [2.45, 2.75) is 33.1 Å². The number of hydrogen-bond acceptors (Lipinski definition) is 4. The van der Waals surface area contributed by atoms with Crippen molar-refractivity contribution in [3.63, 3.8) is 0 Å². The third-order valence-corrected chi connectivity index (χ3v) is 3.57. The first-order chi connectivity index (χ1) is 8.11. The molecular formula is C13H22N4. The van der Waals surface area contributed by atoms with Gasteiger partial charge in [0.05, 0.1) is 0 Å². The highest BCUT2D eigenvalue weighted by Gasteiger charge is 2.23. The van der Waals surface area contributed by atoms with Gasteiger partial charge in [0.15, 0.2) is 0 Å². The van der Waals surface area contributed by atoms with Crippen LogP contribution in [0.15, 0.2) is 12.4 Å². The van der Waals surface area contributed by atoms with E-state index in [0.29, 0.717) is 5.41 Å². The van der Waals surface area contributed by atoms with Gasteiger partial charge in [0.2, 0.25) is 0 Å². The van der Waals surface area contributed by atoms with Crippen molar-refractivity contribution < 1.29 is 0 Å². The second kappa shape index (κ2) is 4.90. The normalized spacial score (nSPS) is 19.8. The van der Waals surface area contributed by atoms with Gasteiger partial charge in [-0.3, -0.25) is 0 Å². The molecule has 17 heavy (non-hydrogen) atoms. The van der Waals surface area contributed by atoms with Crippen molar-refractivity contribution in [3.05, 3.63) is 12.4 Å². The predicted molar refractivity (Wildman–Crippen MR) is 71.4 cm³/mol. The summed E-state index contributed by atoms with van der Waals surface area (Å²) in [5.41, 5.74) is 0.466. The zero-order valence-corrected chi connectivity index (χ0v) is 11.0. The van der Waals surface area contributed by atoms with Crippen LogP contribution in [0.25, 0.3) is 0 Å². The van der Waals surface area contributed by atoms with Crippen molar-refractivity contribution >= 4 is 11.6 Å². The molecule has 1 N–H and O–H groups in total. The zero-order valence-electron chi connectivity index (χ0n) is 11.0. The molecule has 1 aromatic heterocycles. The van der Waals surface area contributed by atoms with Crippen LogP contribution in [0.1, 0.15) is 33.1 Å². The molecule has 1 aliphatic rings. The first-order valence-corrected chi connectivity index (χ1v) is 6.35. The Labute approximate surface area is 103 Å². The van der Waals surface area contributed by atoms with Gasteiger partial charge in [-0.25, -0.2) is 9.97 Å². The molecule has 2 rings (SSSR count). The van der Waals surface area contributed by atoms with Gasteiger partial charge >= 0.3 is 0 Å². The van der Waals surface area contributed by atoms with Gasteiger partial charge in [0.1, 0.15) is 18.0 Å². The molecule has 1 saturated heterocycles. The Kier molecular flexibility index (Phi) is 3.50. The van der Waals surface area contributed by atoms with Crippen LogP contribution in [0, 0.1) is 5.41 Å². The molecule has 0 unspecified atom stereocenters.